The van der Waals surface area contributed by atoms with Gasteiger partial charge in [0.05, 0.1) is 17.1 Å². The van der Waals surface area contributed by atoms with E-state index in [4.69, 9.17) is 0 Å². The van der Waals surface area contributed by atoms with Crippen LogP contribution in [0.5, 0.6) is 0 Å². The van der Waals surface area contributed by atoms with Crippen molar-refractivity contribution in [1.82, 2.24) is 9.59 Å². The van der Waals surface area contributed by atoms with E-state index >= 15 is 0 Å². The van der Waals surface area contributed by atoms with Crippen molar-refractivity contribution >= 4 is 34.7 Å². The Morgan fingerprint density at radius 3 is 2.95 bits per heavy atom. The number of nitrogens with one attached hydrogen (secondary N) is 1. The maximum Gasteiger partial charge on any atom is 0.269 e. The lowest BCUT2D eigenvalue weighted by molar-refractivity contribution is -0.117. The number of anilines is 2. The summed E-state index contributed by atoms with van der Waals surface area (Å²) in [6.45, 7) is 2.62. The van der Waals surface area contributed by atoms with Crippen molar-refractivity contribution < 1.29 is 9.59 Å². The molecule has 0 radical (unpaired) electrons. The quantitative estimate of drug-likeness (QED) is 0.940. The summed E-state index contributed by atoms with van der Waals surface area (Å²) < 4.78 is 3.83. The summed E-state index contributed by atoms with van der Waals surface area (Å²) in [5.74, 6) is -0.138. The van der Waals surface area contributed by atoms with Gasteiger partial charge >= 0.3 is 0 Å². The predicted octanol–water partition coefficient (Wildman–Crippen LogP) is 2.48. The SMILES string of the molecule is CCc1nnsc1C(=O)Nc1ccccc1N1CCCC1=O. The van der Waals surface area contributed by atoms with Crippen molar-refractivity contribution in [3.05, 3.63) is 34.8 Å². The second kappa shape index (κ2) is 6.23. The second-order valence-corrected chi connectivity index (χ2v) is 5.78. The van der Waals surface area contributed by atoms with E-state index in [1.165, 1.54) is 0 Å². The third kappa shape index (κ3) is 2.71. The monoisotopic (exact) mass is 316 g/mol. The molecule has 1 N–H and O–H groups in total. The van der Waals surface area contributed by atoms with Crippen molar-refractivity contribution in [3.8, 4) is 0 Å². The van der Waals surface area contributed by atoms with E-state index in [1.54, 1.807) is 11.0 Å². The highest BCUT2D eigenvalue weighted by Crippen LogP contribution is 2.30. The number of carbonyl (C=O) groups is 2. The van der Waals surface area contributed by atoms with Crippen LogP contribution in [0.3, 0.4) is 0 Å². The normalized spacial score (nSPS) is 14.4. The van der Waals surface area contributed by atoms with E-state index in [-0.39, 0.29) is 11.8 Å². The van der Waals surface area contributed by atoms with Gasteiger partial charge in [0.25, 0.3) is 5.91 Å². The van der Waals surface area contributed by atoms with Crippen molar-refractivity contribution in [2.75, 3.05) is 16.8 Å². The summed E-state index contributed by atoms with van der Waals surface area (Å²) in [7, 11) is 0. The molecule has 0 spiro atoms. The van der Waals surface area contributed by atoms with Gasteiger partial charge in [0.1, 0.15) is 4.88 Å². The van der Waals surface area contributed by atoms with Crippen molar-refractivity contribution in [2.24, 2.45) is 0 Å². The number of aromatic nitrogens is 2. The molecule has 1 aromatic carbocycles. The van der Waals surface area contributed by atoms with Gasteiger partial charge in [-0.25, -0.2) is 0 Å². The number of carbonyl (C=O) groups excluding carboxylic acids is 2. The molecule has 1 aliphatic rings. The van der Waals surface area contributed by atoms with Crippen LogP contribution in [-0.4, -0.2) is 27.9 Å². The maximum absolute atomic E-state index is 12.4. The Bertz CT molecular complexity index is 713. The highest BCUT2D eigenvalue weighted by atomic mass is 32.1. The fourth-order valence-electron chi connectivity index (χ4n) is 2.51. The van der Waals surface area contributed by atoms with Crippen LogP contribution in [0.1, 0.15) is 35.1 Å². The molecule has 1 fully saturated rings. The van der Waals surface area contributed by atoms with Crippen LogP contribution in [0.25, 0.3) is 0 Å². The van der Waals surface area contributed by atoms with Gasteiger partial charge < -0.3 is 10.2 Å². The average molecular weight is 316 g/mol. The Kier molecular flexibility index (Phi) is 4.15. The molecule has 2 aromatic rings. The van der Waals surface area contributed by atoms with Gasteiger partial charge in [-0.05, 0) is 36.5 Å². The summed E-state index contributed by atoms with van der Waals surface area (Å²) in [6, 6.07) is 7.36. The number of nitrogens with zero attached hydrogens (tertiary/aromatic N) is 3. The number of hydrogen-bond acceptors (Lipinski definition) is 5. The molecule has 2 heterocycles. The molecule has 6 nitrogen and oxygen atoms in total. The summed E-state index contributed by atoms with van der Waals surface area (Å²) in [4.78, 5) is 26.6. The number of amides is 2. The smallest absolute Gasteiger partial charge is 0.269 e. The van der Waals surface area contributed by atoms with Crippen LogP contribution >= 0.6 is 11.5 Å². The summed E-state index contributed by atoms with van der Waals surface area (Å²) in [5, 5.41) is 6.84. The van der Waals surface area contributed by atoms with E-state index in [0.717, 1.165) is 23.6 Å². The molecule has 22 heavy (non-hydrogen) atoms. The molecule has 0 aliphatic carbocycles. The first-order valence-corrected chi connectivity index (χ1v) is 8.00. The van der Waals surface area contributed by atoms with E-state index in [0.29, 0.717) is 35.6 Å². The molecule has 1 aromatic heterocycles. The number of para-hydroxylation sites is 2. The lowest BCUT2D eigenvalue weighted by Crippen LogP contribution is -2.25. The van der Waals surface area contributed by atoms with Crippen LogP contribution in [0.2, 0.25) is 0 Å². The lowest BCUT2D eigenvalue weighted by Gasteiger charge is -2.19. The molecule has 1 aliphatic heterocycles. The average Bonchev–Trinajstić information content (AvgIpc) is 3.16. The van der Waals surface area contributed by atoms with Crippen molar-refractivity contribution in [3.63, 3.8) is 0 Å². The number of rotatable bonds is 4. The molecule has 2 amide bonds. The largest absolute Gasteiger partial charge is 0.319 e. The van der Waals surface area contributed by atoms with Crippen LogP contribution < -0.4 is 10.2 Å². The first-order valence-electron chi connectivity index (χ1n) is 7.22. The molecule has 0 saturated carbocycles. The molecule has 0 bridgehead atoms. The minimum absolute atomic E-state index is 0.0930. The Hall–Kier alpha value is -2.28. The molecule has 0 atom stereocenters. The third-order valence-corrected chi connectivity index (χ3v) is 4.38. The summed E-state index contributed by atoms with van der Waals surface area (Å²) in [6.07, 6.45) is 2.06. The summed E-state index contributed by atoms with van der Waals surface area (Å²) in [5.41, 5.74) is 2.07. The fraction of sp³-hybridized carbons (Fsp3) is 0.333. The number of hydrogen-bond donors (Lipinski definition) is 1. The molecular weight excluding hydrogens is 300 g/mol. The lowest BCUT2D eigenvalue weighted by atomic mass is 10.2. The van der Waals surface area contributed by atoms with E-state index in [2.05, 4.69) is 14.9 Å². The summed E-state index contributed by atoms with van der Waals surface area (Å²) >= 11 is 1.09. The first kappa shape index (κ1) is 14.6. The van der Waals surface area contributed by atoms with Gasteiger partial charge in [-0.1, -0.05) is 23.5 Å². The maximum atomic E-state index is 12.4. The second-order valence-electron chi connectivity index (χ2n) is 5.02. The van der Waals surface area contributed by atoms with Crippen LogP contribution in [0.15, 0.2) is 24.3 Å². The molecule has 1 saturated heterocycles. The van der Waals surface area contributed by atoms with E-state index in [9.17, 15) is 9.59 Å². The van der Waals surface area contributed by atoms with E-state index in [1.807, 2.05) is 25.1 Å². The fourth-order valence-corrected chi connectivity index (χ4v) is 3.15. The Balaban J connectivity index is 1.86. The topological polar surface area (TPSA) is 75.2 Å². The first-order chi connectivity index (χ1) is 10.7. The standard InChI is InChI=1S/C15H16N4O2S/c1-2-10-14(22-18-17-10)15(21)16-11-6-3-4-7-12(11)19-9-5-8-13(19)20/h3-4,6-7H,2,5,8-9H2,1H3,(H,16,21). The highest BCUT2D eigenvalue weighted by molar-refractivity contribution is 7.08. The van der Waals surface area contributed by atoms with Gasteiger partial charge in [0, 0.05) is 13.0 Å². The Morgan fingerprint density at radius 2 is 2.23 bits per heavy atom. The van der Waals surface area contributed by atoms with Gasteiger partial charge in [-0.15, -0.1) is 5.10 Å². The van der Waals surface area contributed by atoms with Gasteiger partial charge in [-0.2, -0.15) is 0 Å². The zero-order valence-electron chi connectivity index (χ0n) is 12.2. The van der Waals surface area contributed by atoms with Gasteiger partial charge in [0.15, 0.2) is 0 Å². The van der Waals surface area contributed by atoms with Crippen LogP contribution in [0, 0.1) is 0 Å². The van der Waals surface area contributed by atoms with Crippen molar-refractivity contribution in [1.29, 1.82) is 0 Å². The Labute approximate surface area is 132 Å². The number of aryl methyl sites for hydroxylation is 1. The van der Waals surface area contributed by atoms with E-state index < -0.39 is 0 Å². The molecule has 7 heteroatoms. The zero-order valence-corrected chi connectivity index (χ0v) is 13.0. The number of benzene rings is 1. The van der Waals surface area contributed by atoms with Gasteiger partial charge in [-0.3, -0.25) is 9.59 Å². The van der Waals surface area contributed by atoms with Crippen LogP contribution in [-0.2, 0) is 11.2 Å². The van der Waals surface area contributed by atoms with Gasteiger partial charge in [0.2, 0.25) is 5.91 Å². The minimum atomic E-state index is -0.231. The minimum Gasteiger partial charge on any atom is -0.319 e. The molecule has 3 rings (SSSR count). The Morgan fingerprint density at radius 1 is 1.41 bits per heavy atom. The highest BCUT2D eigenvalue weighted by Gasteiger charge is 2.25. The predicted molar refractivity (Wildman–Crippen MR) is 85.3 cm³/mol. The molecule has 114 valence electrons. The zero-order chi connectivity index (χ0) is 15.5. The van der Waals surface area contributed by atoms with Crippen molar-refractivity contribution in [2.45, 2.75) is 26.2 Å². The molecular formula is C15H16N4O2S. The third-order valence-electron chi connectivity index (χ3n) is 3.61. The molecule has 0 unspecified atom stereocenters. The van der Waals surface area contributed by atoms with Crippen LogP contribution in [0.4, 0.5) is 11.4 Å².